The zero-order chi connectivity index (χ0) is 9.97. The molecule has 1 aromatic heterocycles. The molecule has 5 heteroatoms. The van der Waals surface area contributed by atoms with Crippen LogP contribution in [0.3, 0.4) is 0 Å². The maximum atomic E-state index is 11.0. The van der Waals surface area contributed by atoms with E-state index in [4.69, 9.17) is 5.21 Å². The Hall–Kier alpha value is -2.01. The van der Waals surface area contributed by atoms with Crippen LogP contribution in [0.4, 0.5) is 0 Å². The number of fused-ring (bicyclic) bond motifs is 1. The third-order valence-corrected chi connectivity index (χ3v) is 1.78. The minimum absolute atomic E-state index is 0.0891. The van der Waals surface area contributed by atoms with Crippen LogP contribution in [-0.2, 0) is 0 Å². The highest BCUT2D eigenvalue weighted by Gasteiger charge is 2.06. The van der Waals surface area contributed by atoms with Gasteiger partial charge in [-0.25, -0.2) is 10.5 Å². The minimum atomic E-state index is -0.664. The Kier molecular flexibility index (Phi) is 2.08. The maximum absolute atomic E-state index is 11.0. The van der Waals surface area contributed by atoms with Crippen LogP contribution in [0.25, 0.3) is 11.0 Å². The molecule has 0 fully saturated rings. The summed E-state index contributed by atoms with van der Waals surface area (Å²) in [6.07, 6.45) is 1.31. The van der Waals surface area contributed by atoms with Crippen LogP contribution >= 0.6 is 0 Å². The smallest absolute Gasteiger partial charge is 0.288 e. The summed E-state index contributed by atoms with van der Waals surface area (Å²) in [6, 6.07) is 7.18. The Balaban J connectivity index is 2.56. The average molecular weight is 189 g/mol. The fourth-order valence-corrected chi connectivity index (χ4v) is 1.12. The summed E-state index contributed by atoms with van der Waals surface area (Å²) in [5.74, 6) is -0.664. The van der Waals surface area contributed by atoms with Crippen LogP contribution < -0.4 is 5.48 Å². The second-order valence-corrected chi connectivity index (χ2v) is 2.68. The molecule has 0 spiro atoms. The van der Waals surface area contributed by atoms with E-state index in [1.807, 2.05) is 6.07 Å². The Labute approximate surface area is 79.4 Å². The summed E-state index contributed by atoms with van der Waals surface area (Å²) in [6.45, 7) is 0. The number of aromatic nitrogens is 2. The molecule has 0 aliphatic rings. The monoisotopic (exact) mass is 189 g/mol. The number of hydroxylamine groups is 1. The third kappa shape index (κ3) is 1.40. The lowest BCUT2D eigenvalue weighted by atomic mass is 10.3. The molecule has 0 unspecified atom stereocenters. The van der Waals surface area contributed by atoms with Gasteiger partial charge in [-0.3, -0.25) is 15.0 Å². The molecule has 0 atom stereocenters. The van der Waals surface area contributed by atoms with Crippen molar-refractivity contribution in [2.24, 2.45) is 0 Å². The van der Waals surface area contributed by atoms with Gasteiger partial charge in [0.25, 0.3) is 5.91 Å². The predicted molar refractivity (Wildman–Crippen MR) is 48.8 cm³/mol. The molecular formula is C9H7N3O2. The number of para-hydroxylation sites is 2. The van der Waals surface area contributed by atoms with Crippen molar-refractivity contribution in [3.05, 3.63) is 36.2 Å². The largest absolute Gasteiger partial charge is 0.294 e. The van der Waals surface area contributed by atoms with Gasteiger partial charge in [-0.15, -0.1) is 0 Å². The number of benzene rings is 1. The Morgan fingerprint density at radius 2 is 2.00 bits per heavy atom. The van der Waals surface area contributed by atoms with Crippen molar-refractivity contribution in [1.29, 1.82) is 0 Å². The molecule has 2 aromatic rings. The van der Waals surface area contributed by atoms with Gasteiger partial charge in [-0.2, -0.15) is 0 Å². The topological polar surface area (TPSA) is 75.1 Å². The highest BCUT2D eigenvalue weighted by atomic mass is 16.5. The second-order valence-electron chi connectivity index (χ2n) is 2.68. The van der Waals surface area contributed by atoms with E-state index in [2.05, 4.69) is 9.97 Å². The highest BCUT2D eigenvalue weighted by Crippen LogP contribution is 2.07. The average Bonchev–Trinajstić information content (AvgIpc) is 2.27. The first kappa shape index (κ1) is 8.58. The van der Waals surface area contributed by atoms with Crippen LogP contribution in [0.2, 0.25) is 0 Å². The van der Waals surface area contributed by atoms with Crippen LogP contribution in [0, 0.1) is 0 Å². The Morgan fingerprint density at radius 3 is 2.71 bits per heavy atom. The molecule has 1 heterocycles. The van der Waals surface area contributed by atoms with Gasteiger partial charge < -0.3 is 0 Å². The number of rotatable bonds is 1. The van der Waals surface area contributed by atoms with Gasteiger partial charge in [0.2, 0.25) is 0 Å². The van der Waals surface area contributed by atoms with Crippen molar-refractivity contribution in [2.45, 2.75) is 0 Å². The van der Waals surface area contributed by atoms with Crippen molar-refractivity contribution in [3.8, 4) is 0 Å². The fraction of sp³-hybridized carbons (Fsp3) is 0. The molecule has 1 aromatic carbocycles. The maximum Gasteiger partial charge on any atom is 0.294 e. The summed E-state index contributed by atoms with van der Waals surface area (Å²) in [7, 11) is 0. The lowest BCUT2D eigenvalue weighted by Gasteiger charge is -1.99. The van der Waals surface area contributed by atoms with Crippen molar-refractivity contribution < 1.29 is 10.0 Å². The molecule has 5 nitrogen and oxygen atoms in total. The number of carbonyl (C=O) groups excluding carboxylic acids is 1. The van der Waals surface area contributed by atoms with Crippen molar-refractivity contribution >= 4 is 16.9 Å². The fourth-order valence-electron chi connectivity index (χ4n) is 1.12. The zero-order valence-corrected chi connectivity index (χ0v) is 7.14. The first-order valence-corrected chi connectivity index (χ1v) is 3.97. The predicted octanol–water partition coefficient (Wildman–Crippen LogP) is 0.749. The van der Waals surface area contributed by atoms with E-state index in [0.29, 0.717) is 11.0 Å². The standard InChI is InChI=1S/C9H7N3O2/c13-9(12-14)8-5-10-6-3-1-2-4-7(6)11-8/h1-5,14H,(H,12,13). The lowest BCUT2D eigenvalue weighted by molar-refractivity contribution is 0.0700. The summed E-state index contributed by atoms with van der Waals surface area (Å²) in [5, 5.41) is 8.39. The molecular weight excluding hydrogens is 182 g/mol. The van der Waals surface area contributed by atoms with Crippen LogP contribution in [-0.4, -0.2) is 21.1 Å². The second kappa shape index (κ2) is 3.39. The summed E-state index contributed by atoms with van der Waals surface area (Å²) < 4.78 is 0. The third-order valence-electron chi connectivity index (χ3n) is 1.78. The SMILES string of the molecule is O=C(NO)c1cnc2ccccc2n1. The van der Waals surface area contributed by atoms with Gasteiger partial charge in [-0.05, 0) is 12.1 Å². The number of nitrogens with one attached hydrogen (secondary N) is 1. The van der Waals surface area contributed by atoms with E-state index >= 15 is 0 Å². The minimum Gasteiger partial charge on any atom is -0.288 e. The van der Waals surface area contributed by atoms with Gasteiger partial charge in [0.05, 0.1) is 17.2 Å². The molecule has 1 amide bonds. The van der Waals surface area contributed by atoms with E-state index in [9.17, 15) is 4.79 Å². The normalized spacial score (nSPS) is 10.1. The van der Waals surface area contributed by atoms with Gasteiger partial charge in [0, 0.05) is 0 Å². The molecule has 0 bridgehead atoms. The number of hydrogen-bond acceptors (Lipinski definition) is 4. The number of hydrogen-bond donors (Lipinski definition) is 2. The van der Waals surface area contributed by atoms with Gasteiger partial charge in [0.15, 0.2) is 0 Å². The van der Waals surface area contributed by atoms with Crippen LogP contribution in [0.1, 0.15) is 10.5 Å². The van der Waals surface area contributed by atoms with Crippen molar-refractivity contribution in [1.82, 2.24) is 15.4 Å². The summed E-state index contributed by atoms with van der Waals surface area (Å²) >= 11 is 0. The van der Waals surface area contributed by atoms with E-state index in [1.54, 1.807) is 18.2 Å². The highest BCUT2D eigenvalue weighted by molar-refractivity contribution is 5.92. The molecule has 0 aliphatic carbocycles. The van der Waals surface area contributed by atoms with Gasteiger partial charge >= 0.3 is 0 Å². The lowest BCUT2D eigenvalue weighted by Crippen LogP contribution is -2.20. The van der Waals surface area contributed by atoms with Gasteiger partial charge in [-0.1, -0.05) is 12.1 Å². The summed E-state index contributed by atoms with van der Waals surface area (Å²) in [4.78, 5) is 19.0. The molecule has 0 saturated heterocycles. The van der Waals surface area contributed by atoms with E-state index < -0.39 is 5.91 Å². The summed E-state index contributed by atoms with van der Waals surface area (Å²) in [5.41, 5.74) is 2.92. The molecule has 0 radical (unpaired) electrons. The molecule has 2 N–H and O–H groups in total. The van der Waals surface area contributed by atoms with E-state index in [0.717, 1.165) is 0 Å². The first-order chi connectivity index (χ1) is 6.81. The zero-order valence-electron chi connectivity index (χ0n) is 7.14. The quantitative estimate of drug-likeness (QED) is 0.512. The van der Waals surface area contributed by atoms with Crippen LogP contribution in [0.15, 0.2) is 30.5 Å². The molecule has 70 valence electrons. The van der Waals surface area contributed by atoms with Gasteiger partial charge in [0.1, 0.15) is 5.69 Å². The van der Waals surface area contributed by atoms with Crippen LogP contribution in [0.5, 0.6) is 0 Å². The molecule has 14 heavy (non-hydrogen) atoms. The van der Waals surface area contributed by atoms with E-state index in [1.165, 1.54) is 11.7 Å². The van der Waals surface area contributed by atoms with Crippen molar-refractivity contribution in [2.75, 3.05) is 0 Å². The first-order valence-electron chi connectivity index (χ1n) is 3.97. The number of carbonyl (C=O) groups is 1. The van der Waals surface area contributed by atoms with Crippen molar-refractivity contribution in [3.63, 3.8) is 0 Å². The molecule has 2 rings (SSSR count). The molecule has 0 aliphatic heterocycles. The number of amides is 1. The van der Waals surface area contributed by atoms with E-state index in [-0.39, 0.29) is 5.69 Å². The number of nitrogens with zero attached hydrogens (tertiary/aromatic N) is 2. The Bertz CT molecular complexity index is 484. The Morgan fingerprint density at radius 1 is 1.29 bits per heavy atom. The molecule has 0 saturated carbocycles.